The lowest BCUT2D eigenvalue weighted by Gasteiger charge is -2.27. The Balaban J connectivity index is 1.58. The Morgan fingerprint density at radius 2 is 1.84 bits per heavy atom. The number of nitrogens with zero attached hydrogens (tertiary/aromatic N) is 1. The minimum atomic E-state index is -0.650. The van der Waals surface area contributed by atoms with Crippen molar-refractivity contribution in [2.24, 2.45) is 0 Å². The Labute approximate surface area is 147 Å². The Bertz CT molecular complexity index is 933. The number of aromatic nitrogens is 1. The second kappa shape index (κ2) is 6.54. The molecular weight excluding hydrogens is 310 g/mol. The first-order chi connectivity index (χ1) is 12.3. The molecule has 1 aliphatic rings. The van der Waals surface area contributed by atoms with E-state index in [1.807, 2.05) is 48.5 Å². The number of hydrogen-bond acceptors (Lipinski definition) is 3. The minimum Gasteiger partial charge on any atom is -0.437 e. The molecule has 1 aliphatic carbocycles. The molecule has 0 aliphatic heterocycles. The number of hydrogen-bond donors (Lipinski definition) is 0. The molecule has 0 radical (unpaired) electrons. The van der Waals surface area contributed by atoms with Crippen molar-refractivity contribution in [1.82, 2.24) is 4.98 Å². The fraction of sp³-hybridized carbons (Fsp3) is 0.136. The van der Waals surface area contributed by atoms with E-state index >= 15 is 0 Å². The molecule has 0 N–H and O–H groups in total. The van der Waals surface area contributed by atoms with E-state index in [1.165, 1.54) is 5.56 Å². The smallest absolute Gasteiger partial charge is 0.232 e. The molecule has 1 atom stereocenters. The van der Waals surface area contributed by atoms with Gasteiger partial charge in [0.2, 0.25) is 5.89 Å². The molecule has 3 aromatic rings. The third-order valence-electron chi connectivity index (χ3n) is 4.47. The Morgan fingerprint density at radius 1 is 1.04 bits per heavy atom. The Hall–Kier alpha value is -2.91. The molecule has 1 unspecified atom stereocenters. The molecule has 4 rings (SSSR count). The molecule has 0 bridgehead atoms. The molecule has 0 amide bonds. The van der Waals surface area contributed by atoms with Gasteiger partial charge in [-0.1, -0.05) is 66.8 Å². The maximum atomic E-state index is 5.93. The van der Waals surface area contributed by atoms with Crippen LogP contribution in [0.4, 0.5) is 0 Å². The summed E-state index contributed by atoms with van der Waals surface area (Å²) in [6, 6.07) is 18.0. The van der Waals surface area contributed by atoms with Gasteiger partial charge in [-0.15, -0.1) is 0 Å². The van der Waals surface area contributed by atoms with E-state index in [0.717, 1.165) is 16.7 Å². The summed E-state index contributed by atoms with van der Waals surface area (Å²) in [7, 11) is 1.69. The van der Waals surface area contributed by atoms with Gasteiger partial charge in [0, 0.05) is 13.5 Å². The van der Waals surface area contributed by atoms with Crippen molar-refractivity contribution >= 4 is 17.2 Å². The Kier molecular flexibility index (Phi) is 4.08. The molecule has 0 saturated carbocycles. The van der Waals surface area contributed by atoms with Gasteiger partial charge in [0.15, 0.2) is 11.2 Å². The molecule has 1 aromatic heterocycles. The standard InChI is InChI=1S/C22H19NO2/c1-24-22(21-23-19-9-5-6-10-20(19)25-21)15-13-18(14-16-22)12-11-17-7-3-2-4-8-17/h2-15H,16H2,1H3. The van der Waals surface area contributed by atoms with Crippen LogP contribution in [-0.2, 0) is 10.3 Å². The van der Waals surface area contributed by atoms with Gasteiger partial charge in [0.25, 0.3) is 0 Å². The van der Waals surface area contributed by atoms with E-state index in [2.05, 4.69) is 41.4 Å². The van der Waals surface area contributed by atoms with Crippen molar-refractivity contribution < 1.29 is 9.15 Å². The first-order valence-corrected chi connectivity index (χ1v) is 8.33. The van der Waals surface area contributed by atoms with Gasteiger partial charge in [-0.25, -0.2) is 4.98 Å². The molecule has 1 heterocycles. The predicted molar refractivity (Wildman–Crippen MR) is 100 cm³/mol. The quantitative estimate of drug-likeness (QED) is 0.654. The van der Waals surface area contributed by atoms with Crippen molar-refractivity contribution in [3.63, 3.8) is 0 Å². The van der Waals surface area contributed by atoms with Crippen molar-refractivity contribution in [2.75, 3.05) is 7.11 Å². The number of para-hydroxylation sites is 2. The fourth-order valence-corrected chi connectivity index (χ4v) is 2.97. The predicted octanol–water partition coefficient (Wildman–Crippen LogP) is 5.27. The van der Waals surface area contributed by atoms with Crippen molar-refractivity contribution in [3.8, 4) is 0 Å². The average molecular weight is 329 g/mol. The van der Waals surface area contributed by atoms with Gasteiger partial charge in [0.1, 0.15) is 5.52 Å². The van der Waals surface area contributed by atoms with Crippen LogP contribution >= 0.6 is 0 Å². The number of fused-ring (bicyclic) bond motifs is 1. The van der Waals surface area contributed by atoms with E-state index in [1.54, 1.807) is 7.11 Å². The van der Waals surface area contributed by atoms with Gasteiger partial charge in [-0.2, -0.15) is 0 Å². The molecule has 25 heavy (non-hydrogen) atoms. The number of methoxy groups -OCH3 is 1. The second-order valence-electron chi connectivity index (χ2n) is 6.07. The highest BCUT2D eigenvalue weighted by atomic mass is 16.5. The monoisotopic (exact) mass is 329 g/mol. The summed E-state index contributed by atoms with van der Waals surface area (Å²) < 4.78 is 11.7. The van der Waals surface area contributed by atoms with Crippen LogP contribution in [0.1, 0.15) is 17.9 Å². The van der Waals surface area contributed by atoms with Gasteiger partial charge in [-0.05, 0) is 29.3 Å². The summed E-state index contributed by atoms with van der Waals surface area (Å²) in [6.07, 6.45) is 11.1. The maximum Gasteiger partial charge on any atom is 0.232 e. The highest BCUT2D eigenvalue weighted by molar-refractivity contribution is 5.72. The zero-order valence-corrected chi connectivity index (χ0v) is 14.1. The van der Waals surface area contributed by atoms with Crippen LogP contribution in [-0.4, -0.2) is 12.1 Å². The van der Waals surface area contributed by atoms with Gasteiger partial charge < -0.3 is 9.15 Å². The molecular formula is C22H19NO2. The number of benzene rings is 2. The van der Waals surface area contributed by atoms with Crippen LogP contribution in [0.3, 0.4) is 0 Å². The fourth-order valence-electron chi connectivity index (χ4n) is 2.97. The van der Waals surface area contributed by atoms with Gasteiger partial charge in [0.05, 0.1) is 0 Å². The van der Waals surface area contributed by atoms with Crippen LogP contribution in [0.15, 0.2) is 88.9 Å². The molecule has 0 fully saturated rings. The molecule has 124 valence electrons. The summed E-state index contributed by atoms with van der Waals surface area (Å²) >= 11 is 0. The third-order valence-corrected chi connectivity index (χ3v) is 4.47. The molecule has 0 spiro atoms. The van der Waals surface area contributed by atoms with Gasteiger partial charge in [-0.3, -0.25) is 0 Å². The van der Waals surface area contributed by atoms with Crippen molar-refractivity contribution in [3.05, 3.63) is 95.9 Å². The molecule has 3 nitrogen and oxygen atoms in total. The van der Waals surface area contributed by atoms with E-state index in [4.69, 9.17) is 9.15 Å². The Morgan fingerprint density at radius 3 is 2.56 bits per heavy atom. The average Bonchev–Trinajstić information content (AvgIpc) is 3.12. The number of rotatable bonds is 4. The third kappa shape index (κ3) is 3.06. The van der Waals surface area contributed by atoms with Crippen LogP contribution in [0.2, 0.25) is 0 Å². The molecule has 0 saturated heterocycles. The summed E-state index contributed by atoms with van der Waals surface area (Å²) in [5.74, 6) is 0.592. The normalized spacial score (nSPS) is 20.3. The highest BCUT2D eigenvalue weighted by Crippen LogP contribution is 2.36. The van der Waals surface area contributed by atoms with Gasteiger partial charge >= 0.3 is 0 Å². The molecule has 2 aromatic carbocycles. The topological polar surface area (TPSA) is 35.3 Å². The summed E-state index contributed by atoms with van der Waals surface area (Å²) in [5.41, 5.74) is 3.30. The zero-order valence-electron chi connectivity index (χ0n) is 14.1. The van der Waals surface area contributed by atoms with Crippen LogP contribution in [0.5, 0.6) is 0 Å². The summed E-state index contributed by atoms with van der Waals surface area (Å²) in [4.78, 5) is 4.61. The van der Waals surface area contributed by atoms with E-state index in [9.17, 15) is 0 Å². The second-order valence-corrected chi connectivity index (χ2v) is 6.07. The number of oxazole rings is 1. The van der Waals surface area contributed by atoms with Crippen molar-refractivity contribution in [1.29, 1.82) is 0 Å². The summed E-state index contributed by atoms with van der Waals surface area (Å²) in [5, 5.41) is 0. The maximum absolute atomic E-state index is 5.93. The summed E-state index contributed by atoms with van der Waals surface area (Å²) in [6.45, 7) is 0. The zero-order chi connectivity index (χ0) is 17.1. The SMILES string of the molecule is COC1(c2nc3ccccc3o2)C=CC(C=Cc2ccccc2)=CC1. The highest BCUT2D eigenvalue weighted by Gasteiger charge is 2.35. The minimum absolute atomic E-state index is 0.592. The van der Waals surface area contributed by atoms with Crippen LogP contribution in [0.25, 0.3) is 17.2 Å². The van der Waals surface area contributed by atoms with E-state index < -0.39 is 5.60 Å². The molecule has 3 heteroatoms. The van der Waals surface area contributed by atoms with Crippen molar-refractivity contribution in [2.45, 2.75) is 12.0 Å². The van der Waals surface area contributed by atoms with Crippen LogP contribution in [0, 0.1) is 0 Å². The lowest BCUT2D eigenvalue weighted by atomic mass is 9.91. The van der Waals surface area contributed by atoms with E-state index in [0.29, 0.717) is 12.3 Å². The first kappa shape index (κ1) is 15.6. The lowest BCUT2D eigenvalue weighted by molar-refractivity contribution is 0.00885. The number of allylic oxidation sites excluding steroid dienone is 3. The first-order valence-electron chi connectivity index (χ1n) is 8.33. The lowest BCUT2D eigenvalue weighted by Crippen LogP contribution is -2.27. The largest absolute Gasteiger partial charge is 0.437 e. The number of ether oxygens (including phenoxy) is 1. The van der Waals surface area contributed by atoms with E-state index in [-0.39, 0.29) is 0 Å². The van der Waals surface area contributed by atoms with Crippen LogP contribution < -0.4 is 0 Å².